The molecule has 0 aliphatic heterocycles. The van der Waals surface area contributed by atoms with Crippen molar-refractivity contribution in [1.29, 1.82) is 0 Å². The fraction of sp³-hybridized carbons (Fsp3) is 0.130. The molecule has 1 aliphatic carbocycles. The lowest BCUT2D eigenvalue weighted by atomic mass is 9.88. The van der Waals surface area contributed by atoms with E-state index in [2.05, 4.69) is 0 Å². The van der Waals surface area contributed by atoms with Crippen LogP contribution in [0, 0.1) is 20.8 Å². The second kappa shape index (κ2) is 7.67. The normalized spacial score (nSPS) is 14.0. The number of benzene rings is 2. The third kappa shape index (κ3) is 4.13. The maximum atomic E-state index is 13.4. The van der Waals surface area contributed by atoms with Gasteiger partial charge < -0.3 is 0 Å². The average Bonchev–Trinajstić information content (AvgIpc) is 2.59. The number of ketones is 2. The molecule has 0 saturated heterocycles. The summed E-state index contributed by atoms with van der Waals surface area (Å²) in [5.74, 6) is -0.588. The molecule has 0 atom stereocenters. The highest BCUT2D eigenvalue weighted by atomic mass is 35.5. The Morgan fingerprint density at radius 3 is 1.78 bits per heavy atom. The topological polar surface area (TPSA) is 34.1 Å². The van der Waals surface area contributed by atoms with Gasteiger partial charge >= 0.3 is 0 Å². The number of allylic oxidation sites excluding steroid dienone is 6. The lowest BCUT2D eigenvalue weighted by Gasteiger charge is -2.15. The highest BCUT2D eigenvalue weighted by Crippen LogP contribution is 2.32. The summed E-state index contributed by atoms with van der Waals surface area (Å²) in [4.78, 5) is 25.3. The van der Waals surface area contributed by atoms with Gasteiger partial charge in [-0.15, -0.1) is 0 Å². The second-order valence-corrected chi connectivity index (χ2v) is 7.53. The Labute approximate surface area is 168 Å². The number of carbonyl (C=O) groups excluding carboxylic acids is 2. The minimum atomic E-state index is -0.440. The predicted molar refractivity (Wildman–Crippen MR) is 111 cm³/mol. The van der Waals surface area contributed by atoms with Gasteiger partial charge in [0.05, 0.1) is 10.1 Å². The first-order valence-electron chi connectivity index (χ1n) is 8.49. The third-order valence-electron chi connectivity index (χ3n) is 4.34. The fourth-order valence-electron chi connectivity index (χ4n) is 3.10. The molecule has 2 aromatic rings. The van der Waals surface area contributed by atoms with Crippen molar-refractivity contribution in [2.45, 2.75) is 20.8 Å². The van der Waals surface area contributed by atoms with Gasteiger partial charge in [-0.3, -0.25) is 9.59 Å². The highest BCUT2D eigenvalue weighted by Gasteiger charge is 2.23. The molecule has 27 heavy (non-hydrogen) atoms. The molecule has 3 rings (SSSR count). The van der Waals surface area contributed by atoms with E-state index >= 15 is 0 Å². The zero-order valence-corrected chi connectivity index (χ0v) is 16.8. The van der Waals surface area contributed by atoms with E-state index in [0.29, 0.717) is 16.7 Å². The molecule has 0 fully saturated rings. The lowest BCUT2D eigenvalue weighted by Crippen LogP contribution is -2.09. The monoisotopic (exact) mass is 396 g/mol. The van der Waals surface area contributed by atoms with Crippen molar-refractivity contribution in [2.24, 2.45) is 0 Å². The summed E-state index contributed by atoms with van der Waals surface area (Å²) >= 11 is 12.1. The molecule has 0 heterocycles. The molecule has 1 aliphatic rings. The molecule has 0 bridgehead atoms. The number of halogens is 2. The van der Waals surface area contributed by atoms with Gasteiger partial charge in [-0.25, -0.2) is 0 Å². The van der Waals surface area contributed by atoms with Crippen molar-refractivity contribution in [1.82, 2.24) is 0 Å². The van der Waals surface area contributed by atoms with E-state index < -0.39 is 5.78 Å². The largest absolute Gasteiger partial charge is 0.289 e. The third-order valence-corrected chi connectivity index (χ3v) is 4.90. The number of Topliss-reactive ketones (excluding diaryl/α,β-unsaturated/α-hetero) is 2. The summed E-state index contributed by atoms with van der Waals surface area (Å²) in [6, 6.07) is 13.3. The molecular weight excluding hydrogens is 379 g/mol. The molecule has 0 saturated carbocycles. The summed E-state index contributed by atoms with van der Waals surface area (Å²) in [7, 11) is 0. The van der Waals surface area contributed by atoms with Gasteiger partial charge in [0.25, 0.3) is 0 Å². The maximum absolute atomic E-state index is 13.4. The summed E-state index contributed by atoms with van der Waals surface area (Å²) in [6.45, 7) is 5.92. The molecule has 0 unspecified atom stereocenters. The van der Waals surface area contributed by atoms with Crippen LogP contribution in [0.5, 0.6) is 0 Å². The van der Waals surface area contributed by atoms with Gasteiger partial charge in [0, 0.05) is 11.1 Å². The quantitative estimate of drug-likeness (QED) is 0.465. The molecule has 0 amide bonds. The fourth-order valence-corrected chi connectivity index (χ4v) is 3.59. The Balaban J connectivity index is 2.27. The van der Waals surface area contributed by atoms with Gasteiger partial charge in [-0.1, -0.05) is 82.4 Å². The van der Waals surface area contributed by atoms with Crippen molar-refractivity contribution in [3.8, 4) is 0 Å². The Morgan fingerprint density at radius 2 is 1.26 bits per heavy atom. The first-order chi connectivity index (χ1) is 12.8. The van der Waals surface area contributed by atoms with Crippen molar-refractivity contribution < 1.29 is 9.59 Å². The van der Waals surface area contributed by atoms with Crippen LogP contribution in [0.25, 0.3) is 5.57 Å². The Morgan fingerprint density at radius 1 is 0.741 bits per heavy atom. The van der Waals surface area contributed by atoms with E-state index in [0.717, 1.165) is 22.3 Å². The Hall–Kier alpha value is -2.42. The van der Waals surface area contributed by atoms with E-state index in [1.807, 2.05) is 51.1 Å². The van der Waals surface area contributed by atoms with Gasteiger partial charge in [0.1, 0.15) is 0 Å². The molecule has 0 radical (unpaired) electrons. The van der Waals surface area contributed by atoms with Crippen LogP contribution in [0.1, 0.15) is 32.6 Å². The van der Waals surface area contributed by atoms with Crippen LogP contribution >= 0.6 is 23.2 Å². The minimum Gasteiger partial charge on any atom is -0.289 e. The number of hydrogen-bond donors (Lipinski definition) is 0. The van der Waals surface area contributed by atoms with Crippen LogP contribution in [0.3, 0.4) is 0 Å². The van der Waals surface area contributed by atoms with E-state index in [-0.39, 0.29) is 15.8 Å². The van der Waals surface area contributed by atoms with E-state index in [4.69, 9.17) is 23.2 Å². The van der Waals surface area contributed by atoms with Crippen LogP contribution in [-0.4, -0.2) is 11.6 Å². The molecule has 4 heteroatoms. The SMILES string of the molecule is Cc1ccc(C(=O)C(=C2C=C(Cl)C(=O)C(Cl)=C2)c2cc(C)cc(C)c2)cc1. The molecule has 136 valence electrons. The number of rotatable bonds is 3. The summed E-state index contributed by atoms with van der Waals surface area (Å²) < 4.78 is 0. The van der Waals surface area contributed by atoms with Crippen LogP contribution in [0.15, 0.2) is 70.3 Å². The Bertz CT molecular complexity index is 994. The highest BCUT2D eigenvalue weighted by molar-refractivity contribution is 6.55. The van der Waals surface area contributed by atoms with Crippen LogP contribution < -0.4 is 0 Å². The number of carbonyl (C=O) groups is 2. The first-order valence-corrected chi connectivity index (χ1v) is 9.25. The molecular formula is C23H18Cl2O2. The molecule has 0 spiro atoms. The van der Waals surface area contributed by atoms with Crippen molar-refractivity contribution in [3.05, 3.63) is 98.1 Å². The molecule has 0 N–H and O–H groups in total. The summed E-state index contributed by atoms with van der Waals surface area (Å²) in [5.41, 5.74) is 5.47. The van der Waals surface area contributed by atoms with E-state index in [1.165, 1.54) is 12.2 Å². The standard InChI is InChI=1S/C23H18Cl2O2/c1-13-4-6-16(7-5-13)22(26)21(17-9-14(2)8-15(3)10-17)18-11-19(24)23(27)20(25)12-18/h4-12H,1-3H3. The lowest BCUT2D eigenvalue weighted by molar-refractivity contribution is -0.111. The van der Waals surface area contributed by atoms with Gasteiger partial charge in [0.2, 0.25) is 5.78 Å². The van der Waals surface area contributed by atoms with Gasteiger partial charge in [0.15, 0.2) is 5.78 Å². The predicted octanol–water partition coefficient (Wildman–Crippen LogP) is 6.08. The molecule has 0 aromatic heterocycles. The zero-order chi connectivity index (χ0) is 19.7. The number of hydrogen-bond acceptors (Lipinski definition) is 2. The minimum absolute atomic E-state index is 0.00363. The van der Waals surface area contributed by atoms with E-state index in [1.54, 1.807) is 12.1 Å². The summed E-state index contributed by atoms with van der Waals surface area (Å²) in [5, 5.41) is -0.00726. The van der Waals surface area contributed by atoms with Crippen LogP contribution in [0.2, 0.25) is 0 Å². The van der Waals surface area contributed by atoms with E-state index in [9.17, 15) is 9.59 Å². The van der Waals surface area contributed by atoms with Crippen molar-refractivity contribution >= 4 is 40.3 Å². The molecule has 2 nitrogen and oxygen atoms in total. The van der Waals surface area contributed by atoms with Gasteiger partial charge in [-0.2, -0.15) is 0 Å². The van der Waals surface area contributed by atoms with Crippen LogP contribution in [0.4, 0.5) is 0 Å². The first kappa shape index (κ1) is 19.3. The van der Waals surface area contributed by atoms with Crippen molar-refractivity contribution in [2.75, 3.05) is 0 Å². The van der Waals surface area contributed by atoms with Crippen LogP contribution in [-0.2, 0) is 4.79 Å². The smallest absolute Gasteiger partial charge is 0.215 e. The van der Waals surface area contributed by atoms with Crippen molar-refractivity contribution in [3.63, 3.8) is 0 Å². The zero-order valence-electron chi connectivity index (χ0n) is 15.3. The second-order valence-electron chi connectivity index (χ2n) is 6.72. The number of aryl methyl sites for hydroxylation is 3. The van der Waals surface area contributed by atoms with Gasteiger partial charge in [-0.05, 0) is 44.1 Å². The molecule has 2 aromatic carbocycles. The Kier molecular flexibility index (Phi) is 5.50. The summed E-state index contributed by atoms with van der Waals surface area (Å²) in [6.07, 6.45) is 3.02. The average molecular weight is 397 g/mol. The maximum Gasteiger partial charge on any atom is 0.215 e.